The van der Waals surface area contributed by atoms with Crippen LogP contribution in [0, 0.1) is 5.92 Å². The second-order valence-corrected chi connectivity index (χ2v) is 9.40. The number of hydrogen-bond donors (Lipinski definition) is 4. The van der Waals surface area contributed by atoms with E-state index in [4.69, 9.17) is 0 Å². The van der Waals surface area contributed by atoms with Gasteiger partial charge in [-0.2, -0.15) is 0 Å². The lowest BCUT2D eigenvalue weighted by Gasteiger charge is -2.21. The van der Waals surface area contributed by atoms with Gasteiger partial charge in [0.15, 0.2) is 0 Å². The summed E-state index contributed by atoms with van der Waals surface area (Å²) >= 11 is 0. The van der Waals surface area contributed by atoms with Crippen LogP contribution in [-0.2, 0) is 40.1 Å². The second kappa shape index (κ2) is 15.5. The molecule has 1 aliphatic rings. The van der Waals surface area contributed by atoms with Crippen molar-refractivity contribution in [3.8, 4) is 0 Å². The maximum Gasteiger partial charge on any atom is 0.293 e. The number of likely N-dealkylation sites (tertiary alicyclic amines) is 1. The Bertz CT molecular complexity index is 996. The van der Waals surface area contributed by atoms with Gasteiger partial charge in [-0.05, 0) is 43.5 Å². The summed E-state index contributed by atoms with van der Waals surface area (Å²) in [6.07, 6.45) is 2.17. The van der Waals surface area contributed by atoms with Crippen LogP contribution >= 0.6 is 0 Å². The molecule has 1 heterocycles. The Labute approximate surface area is 222 Å². The third kappa shape index (κ3) is 9.58. The Kier molecular flexibility index (Phi) is 12.4. The molecule has 0 aliphatic carbocycles. The zero-order chi connectivity index (χ0) is 28.1. The number of hydrogen-bond acceptors (Lipinski definition) is 8. The maximum absolute atomic E-state index is 12.6. The molecule has 1 aromatic carbocycles. The molecule has 208 valence electrons. The SMILES string of the molecule is CNC1CC(=O)N(CCCCCC(=O)NC(C(=O)NCC(=O)Nc2ccc(COC=O)cc2)C(C)C)C1=O. The highest BCUT2D eigenvalue weighted by Gasteiger charge is 2.36. The van der Waals surface area contributed by atoms with E-state index in [1.807, 2.05) is 0 Å². The Morgan fingerprint density at radius 2 is 1.79 bits per heavy atom. The van der Waals surface area contributed by atoms with Crippen molar-refractivity contribution < 1.29 is 33.5 Å². The molecule has 38 heavy (non-hydrogen) atoms. The normalized spacial score (nSPS) is 15.8. The number of nitrogens with zero attached hydrogens (tertiary/aromatic N) is 1. The van der Waals surface area contributed by atoms with Gasteiger partial charge in [-0.1, -0.05) is 32.4 Å². The first-order chi connectivity index (χ1) is 18.2. The summed E-state index contributed by atoms with van der Waals surface area (Å²) in [5.74, 6) is -1.78. The van der Waals surface area contributed by atoms with Gasteiger partial charge in [-0.3, -0.25) is 33.7 Å². The molecule has 0 bridgehead atoms. The fourth-order valence-corrected chi connectivity index (χ4v) is 3.95. The van der Waals surface area contributed by atoms with Crippen molar-refractivity contribution in [3.05, 3.63) is 29.8 Å². The smallest absolute Gasteiger partial charge is 0.293 e. The lowest BCUT2D eigenvalue weighted by molar-refractivity contribution is -0.139. The predicted molar refractivity (Wildman–Crippen MR) is 138 cm³/mol. The molecular weight excluding hydrogens is 494 g/mol. The van der Waals surface area contributed by atoms with Crippen LogP contribution in [0.25, 0.3) is 0 Å². The van der Waals surface area contributed by atoms with E-state index in [1.54, 1.807) is 45.2 Å². The van der Waals surface area contributed by atoms with Crippen LogP contribution in [0.15, 0.2) is 24.3 Å². The number of amides is 5. The summed E-state index contributed by atoms with van der Waals surface area (Å²) < 4.78 is 4.67. The largest absolute Gasteiger partial charge is 0.463 e. The fraction of sp³-hybridized carbons (Fsp3) is 0.538. The Morgan fingerprint density at radius 1 is 1.08 bits per heavy atom. The molecular formula is C26H37N5O7. The molecule has 1 fully saturated rings. The molecule has 12 nitrogen and oxygen atoms in total. The van der Waals surface area contributed by atoms with Crippen molar-refractivity contribution in [2.75, 3.05) is 25.5 Å². The van der Waals surface area contributed by atoms with E-state index >= 15 is 0 Å². The molecule has 2 rings (SSSR count). The first-order valence-corrected chi connectivity index (χ1v) is 12.7. The minimum absolute atomic E-state index is 0.133. The fourth-order valence-electron chi connectivity index (χ4n) is 3.95. The molecule has 5 amide bonds. The van der Waals surface area contributed by atoms with Crippen LogP contribution in [0.3, 0.4) is 0 Å². The molecule has 12 heteroatoms. The van der Waals surface area contributed by atoms with Gasteiger partial charge in [-0.25, -0.2) is 0 Å². The van der Waals surface area contributed by atoms with E-state index in [2.05, 4.69) is 26.0 Å². The number of unbranched alkanes of at least 4 members (excludes halogenated alkanes) is 2. The summed E-state index contributed by atoms with van der Waals surface area (Å²) in [5.41, 5.74) is 1.28. The van der Waals surface area contributed by atoms with Crippen molar-refractivity contribution in [2.45, 2.75) is 64.6 Å². The van der Waals surface area contributed by atoms with Crippen molar-refractivity contribution in [1.82, 2.24) is 20.9 Å². The first-order valence-electron chi connectivity index (χ1n) is 12.7. The van der Waals surface area contributed by atoms with Crippen molar-refractivity contribution >= 4 is 41.7 Å². The Hall–Kier alpha value is -3.80. The number of carbonyl (C=O) groups is 6. The Morgan fingerprint density at radius 3 is 2.39 bits per heavy atom. The third-order valence-electron chi connectivity index (χ3n) is 6.12. The highest BCUT2D eigenvalue weighted by Crippen LogP contribution is 2.14. The molecule has 2 atom stereocenters. The number of likely N-dealkylation sites (N-methyl/N-ethyl adjacent to an activating group) is 1. The zero-order valence-electron chi connectivity index (χ0n) is 22.1. The van der Waals surface area contributed by atoms with Crippen molar-refractivity contribution in [2.24, 2.45) is 5.92 Å². The van der Waals surface area contributed by atoms with Gasteiger partial charge in [0.2, 0.25) is 29.5 Å². The molecule has 0 radical (unpaired) electrons. The summed E-state index contributed by atoms with van der Waals surface area (Å²) in [5, 5.41) is 10.8. The van der Waals surface area contributed by atoms with Gasteiger partial charge in [0.1, 0.15) is 12.6 Å². The average Bonchev–Trinajstić information content (AvgIpc) is 3.17. The number of carbonyl (C=O) groups excluding carboxylic acids is 6. The number of anilines is 1. The summed E-state index contributed by atoms with van der Waals surface area (Å²) in [4.78, 5) is 72.8. The summed E-state index contributed by atoms with van der Waals surface area (Å²) in [6.45, 7) is 4.14. The average molecular weight is 532 g/mol. The topological polar surface area (TPSA) is 163 Å². The minimum Gasteiger partial charge on any atom is -0.463 e. The monoisotopic (exact) mass is 531 g/mol. The van der Waals surface area contributed by atoms with Crippen LogP contribution in [0.5, 0.6) is 0 Å². The number of nitrogens with one attached hydrogen (secondary N) is 4. The van der Waals surface area contributed by atoms with Crippen molar-refractivity contribution in [1.29, 1.82) is 0 Å². The highest BCUT2D eigenvalue weighted by molar-refractivity contribution is 6.05. The van der Waals surface area contributed by atoms with Gasteiger partial charge in [0.25, 0.3) is 6.47 Å². The van der Waals surface area contributed by atoms with Gasteiger partial charge >= 0.3 is 0 Å². The van der Waals surface area contributed by atoms with Crippen LogP contribution in [-0.4, -0.2) is 73.1 Å². The molecule has 0 saturated carbocycles. The minimum atomic E-state index is -0.800. The van der Waals surface area contributed by atoms with Gasteiger partial charge in [0, 0.05) is 18.7 Å². The molecule has 2 unspecified atom stereocenters. The van der Waals surface area contributed by atoms with Crippen molar-refractivity contribution in [3.63, 3.8) is 0 Å². The number of ether oxygens (including phenoxy) is 1. The van der Waals surface area contributed by atoms with E-state index in [0.29, 0.717) is 38.0 Å². The van der Waals surface area contributed by atoms with E-state index < -0.39 is 23.9 Å². The maximum atomic E-state index is 12.6. The number of benzene rings is 1. The molecule has 1 saturated heterocycles. The predicted octanol–water partition coefficient (Wildman–Crippen LogP) is 0.462. The van der Waals surface area contributed by atoms with E-state index in [0.717, 1.165) is 5.56 Å². The lowest BCUT2D eigenvalue weighted by atomic mass is 10.0. The molecule has 0 spiro atoms. The van der Waals surface area contributed by atoms with Gasteiger partial charge in [-0.15, -0.1) is 0 Å². The van der Waals surface area contributed by atoms with Crippen LogP contribution in [0.4, 0.5) is 5.69 Å². The highest BCUT2D eigenvalue weighted by atomic mass is 16.5. The molecule has 1 aromatic rings. The quantitative estimate of drug-likeness (QED) is 0.136. The van der Waals surface area contributed by atoms with E-state index in [1.165, 1.54) is 4.90 Å². The summed E-state index contributed by atoms with van der Waals surface area (Å²) in [6, 6.07) is 5.45. The molecule has 0 aromatic heterocycles. The molecule has 1 aliphatic heterocycles. The lowest BCUT2D eigenvalue weighted by Crippen LogP contribution is -2.51. The first kappa shape index (κ1) is 30.4. The van der Waals surface area contributed by atoms with E-state index in [9.17, 15) is 28.8 Å². The summed E-state index contributed by atoms with van der Waals surface area (Å²) in [7, 11) is 1.65. The standard InChI is InChI=1S/C26H37N5O7/c1-17(2)24(25(36)28-14-22(34)29-19-10-8-18(9-11-19)15-38-16-32)30-21(33)7-5-4-6-12-31-23(35)13-20(27-3)26(31)37/h8-11,16-17,20,24,27H,4-7,12-15H2,1-3H3,(H,28,36)(H,29,34)(H,30,33). The third-order valence-corrected chi connectivity index (χ3v) is 6.12. The van der Waals surface area contributed by atoms with Crippen LogP contribution in [0.1, 0.15) is 51.5 Å². The number of imide groups is 1. The molecule has 4 N–H and O–H groups in total. The second-order valence-electron chi connectivity index (χ2n) is 9.40. The van der Waals surface area contributed by atoms with Crippen LogP contribution in [0.2, 0.25) is 0 Å². The number of rotatable bonds is 16. The Balaban J connectivity index is 1.69. The zero-order valence-corrected chi connectivity index (χ0v) is 22.1. The van der Waals surface area contributed by atoms with Gasteiger partial charge < -0.3 is 26.0 Å². The van der Waals surface area contributed by atoms with Gasteiger partial charge in [0.05, 0.1) is 19.0 Å². The van der Waals surface area contributed by atoms with Crippen LogP contribution < -0.4 is 21.3 Å². The van der Waals surface area contributed by atoms with E-state index in [-0.39, 0.29) is 49.6 Å².